The minimum atomic E-state index is 0.0202. The van der Waals surface area contributed by atoms with Gasteiger partial charge in [-0.2, -0.15) is 0 Å². The van der Waals surface area contributed by atoms with Crippen molar-refractivity contribution in [2.45, 2.75) is 32.9 Å². The lowest BCUT2D eigenvalue weighted by Gasteiger charge is -2.22. The number of fused-ring (bicyclic) bond motifs is 1. The van der Waals surface area contributed by atoms with Crippen molar-refractivity contribution in [3.05, 3.63) is 35.9 Å². The van der Waals surface area contributed by atoms with Crippen LogP contribution in [0.5, 0.6) is 0 Å². The molecule has 2 N–H and O–H groups in total. The van der Waals surface area contributed by atoms with Gasteiger partial charge in [-0.05, 0) is 45.5 Å². The maximum atomic E-state index is 4.66. The van der Waals surface area contributed by atoms with Gasteiger partial charge in [0.25, 0.3) is 0 Å². The van der Waals surface area contributed by atoms with Crippen LogP contribution in [0, 0.1) is 0 Å². The average Bonchev–Trinajstić information content (AvgIpc) is 2.27. The highest BCUT2D eigenvalue weighted by Gasteiger charge is 2.12. The van der Waals surface area contributed by atoms with Gasteiger partial charge >= 0.3 is 0 Å². The molecule has 96 valence electrons. The van der Waals surface area contributed by atoms with Crippen LogP contribution in [0.1, 0.15) is 26.3 Å². The number of anilines is 1. The van der Waals surface area contributed by atoms with Gasteiger partial charge in [0.2, 0.25) is 0 Å². The van der Waals surface area contributed by atoms with Crippen LogP contribution >= 0.6 is 0 Å². The zero-order valence-corrected chi connectivity index (χ0v) is 11.5. The molecule has 0 radical (unpaired) electrons. The van der Waals surface area contributed by atoms with Gasteiger partial charge < -0.3 is 10.6 Å². The zero-order valence-electron chi connectivity index (χ0n) is 11.5. The van der Waals surface area contributed by atoms with E-state index in [1.54, 1.807) is 0 Å². The molecule has 1 heterocycles. The zero-order chi connectivity index (χ0) is 13.2. The second-order valence-corrected chi connectivity index (χ2v) is 5.59. The van der Waals surface area contributed by atoms with E-state index in [1.165, 1.54) is 10.9 Å². The molecule has 2 aromatic rings. The van der Waals surface area contributed by atoms with Crippen molar-refractivity contribution >= 4 is 16.7 Å². The summed E-state index contributed by atoms with van der Waals surface area (Å²) in [4.78, 5) is 4.66. The molecule has 0 fully saturated rings. The smallest absolute Gasteiger partial charge is 0.127 e. The van der Waals surface area contributed by atoms with Crippen molar-refractivity contribution in [1.82, 2.24) is 10.3 Å². The number of aromatic nitrogens is 1. The summed E-state index contributed by atoms with van der Waals surface area (Å²) in [5.41, 5.74) is 2.33. The summed E-state index contributed by atoms with van der Waals surface area (Å²) >= 11 is 0. The molecular formula is C15H21N3. The molecule has 0 aliphatic heterocycles. The maximum absolute atomic E-state index is 4.66. The monoisotopic (exact) mass is 243 g/mol. The SMILES string of the molecule is CNCc1cc(NC(C)(C)C)nc2ccccc12. The van der Waals surface area contributed by atoms with E-state index in [2.05, 4.69) is 60.7 Å². The van der Waals surface area contributed by atoms with E-state index in [1.807, 2.05) is 13.1 Å². The number of rotatable bonds is 3. The van der Waals surface area contributed by atoms with Gasteiger partial charge in [0.05, 0.1) is 5.52 Å². The van der Waals surface area contributed by atoms with Crippen LogP contribution in [0.25, 0.3) is 10.9 Å². The lowest BCUT2D eigenvalue weighted by atomic mass is 10.1. The van der Waals surface area contributed by atoms with Crippen LogP contribution in [0.4, 0.5) is 5.82 Å². The first-order chi connectivity index (χ1) is 8.49. The first kappa shape index (κ1) is 12.8. The Hall–Kier alpha value is -1.61. The number of hydrogen-bond donors (Lipinski definition) is 2. The second-order valence-electron chi connectivity index (χ2n) is 5.59. The first-order valence-corrected chi connectivity index (χ1v) is 6.31. The lowest BCUT2D eigenvalue weighted by molar-refractivity contribution is 0.630. The summed E-state index contributed by atoms with van der Waals surface area (Å²) in [6.07, 6.45) is 0. The molecule has 0 unspecified atom stereocenters. The Morgan fingerprint density at radius 1 is 1.17 bits per heavy atom. The summed E-state index contributed by atoms with van der Waals surface area (Å²) in [6, 6.07) is 10.4. The number of nitrogens with zero attached hydrogens (tertiary/aromatic N) is 1. The van der Waals surface area contributed by atoms with Gasteiger partial charge in [-0.15, -0.1) is 0 Å². The fourth-order valence-corrected chi connectivity index (χ4v) is 2.03. The Bertz CT molecular complexity index is 541. The van der Waals surface area contributed by atoms with E-state index in [0.717, 1.165) is 17.9 Å². The van der Waals surface area contributed by atoms with E-state index in [0.29, 0.717) is 0 Å². The molecule has 0 saturated heterocycles. The third-order valence-electron chi connectivity index (χ3n) is 2.67. The molecule has 0 atom stereocenters. The molecule has 18 heavy (non-hydrogen) atoms. The molecule has 2 rings (SSSR count). The third-order valence-corrected chi connectivity index (χ3v) is 2.67. The summed E-state index contributed by atoms with van der Waals surface area (Å²) in [6.45, 7) is 7.27. The summed E-state index contributed by atoms with van der Waals surface area (Å²) < 4.78 is 0. The van der Waals surface area contributed by atoms with Gasteiger partial charge in [0.15, 0.2) is 0 Å². The van der Waals surface area contributed by atoms with E-state index < -0.39 is 0 Å². The Labute approximate surface area is 109 Å². The molecule has 0 aliphatic carbocycles. The van der Waals surface area contributed by atoms with Gasteiger partial charge in [-0.3, -0.25) is 0 Å². The second kappa shape index (κ2) is 4.94. The van der Waals surface area contributed by atoms with E-state index in [-0.39, 0.29) is 5.54 Å². The van der Waals surface area contributed by atoms with Crippen LogP contribution in [-0.2, 0) is 6.54 Å². The molecule has 3 nitrogen and oxygen atoms in total. The predicted molar refractivity (Wildman–Crippen MR) is 77.9 cm³/mol. The highest BCUT2D eigenvalue weighted by molar-refractivity contribution is 5.84. The van der Waals surface area contributed by atoms with Crippen molar-refractivity contribution in [2.24, 2.45) is 0 Å². The highest BCUT2D eigenvalue weighted by Crippen LogP contribution is 2.22. The third kappa shape index (κ3) is 2.99. The Balaban J connectivity index is 2.50. The molecule has 0 aliphatic rings. The molecule has 0 bridgehead atoms. The normalized spacial score (nSPS) is 11.8. The van der Waals surface area contributed by atoms with Crippen molar-refractivity contribution in [2.75, 3.05) is 12.4 Å². The Morgan fingerprint density at radius 3 is 2.56 bits per heavy atom. The summed E-state index contributed by atoms with van der Waals surface area (Å²) in [7, 11) is 1.96. The van der Waals surface area contributed by atoms with E-state index >= 15 is 0 Å². The highest BCUT2D eigenvalue weighted by atomic mass is 15.0. The summed E-state index contributed by atoms with van der Waals surface area (Å²) in [5, 5.41) is 7.86. The van der Waals surface area contributed by atoms with Crippen LogP contribution in [-0.4, -0.2) is 17.6 Å². The van der Waals surface area contributed by atoms with E-state index in [4.69, 9.17) is 0 Å². The topological polar surface area (TPSA) is 37.0 Å². The molecule has 3 heteroatoms. The number of benzene rings is 1. The van der Waals surface area contributed by atoms with Gasteiger partial charge in [0, 0.05) is 17.5 Å². The lowest BCUT2D eigenvalue weighted by Crippen LogP contribution is -2.26. The predicted octanol–water partition coefficient (Wildman–Crippen LogP) is 3.16. The molecule has 0 saturated carbocycles. The summed E-state index contributed by atoms with van der Waals surface area (Å²) in [5.74, 6) is 0.937. The number of pyridine rings is 1. The molecule has 0 spiro atoms. The standard InChI is InChI=1S/C15H21N3/c1-15(2,3)18-14-9-11(10-16-4)12-7-5-6-8-13(12)17-14/h5-9,16H,10H2,1-4H3,(H,17,18). The molecular weight excluding hydrogens is 222 g/mol. The Morgan fingerprint density at radius 2 is 1.89 bits per heavy atom. The average molecular weight is 243 g/mol. The van der Waals surface area contributed by atoms with Crippen molar-refractivity contribution in [1.29, 1.82) is 0 Å². The Kier molecular flexibility index (Phi) is 3.53. The fourth-order valence-electron chi connectivity index (χ4n) is 2.03. The van der Waals surface area contributed by atoms with Crippen molar-refractivity contribution < 1.29 is 0 Å². The number of para-hydroxylation sites is 1. The fraction of sp³-hybridized carbons (Fsp3) is 0.400. The first-order valence-electron chi connectivity index (χ1n) is 6.31. The number of hydrogen-bond acceptors (Lipinski definition) is 3. The molecule has 1 aromatic carbocycles. The minimum absolute atomic E-state index is 0.0202. The van der Waals surface area contributed by atoms with Crippen LogP contribution in [0.2, 0.25) is 0 Å². The van der Waals surface area contributed by atoms with E-state index in [9.17, 15) is 0 Å². The quantitative estimate of drug-likeness (QED) is 0.869. The minimum Gasteiger partial charge on any atom is -0.365 e. The van der Waals surface area contributed by atoms with Crippen molar-refractivity contribution in [3.63, 3.8) is 0 Å². The largest absolute Gasteiger partial charge is 0.365 e. The van der Waals surface area contributed by atoms with Crippen LogP contribution in [0.3, 0.4) is 0 Å². The van der Waals surface area contributed by atoms with Crippen LogP contribution in [0.15, 0.2) is 30.3 Å². The van der Waals surface area contributed by atoms with Gasteiger partial charge in [-0.25, -0.2) is 4.98 Å². The number of nitrogens with one attached hydrogen (secondary N) is 2. The van der Waals surface area contributed by atoms with Gasteiger partial charge in [-0.1, -0.05) is 18.2 Å². The van der Waals surface area contributed by atoms with Crippen molar-refractivity contribution in [3.8, 4) is 0 Å². The van der Waals surface area contributed by atoms with Gasteiger partial charge in [0.1, 0.15) is 5.82 Å². The maximum Gasteiger partial charge on any atom is 0.127 e. The van der Waals surface area contributed by atoms with Crippen LogP contribution < -0.4 is 10.6 Å². The molecule has 0 amide bonds. The molecule has 1 aromatic heterocycles.